The van der Waals surface area contributed by atoms with E-state index in [0.717, 1.165) is 26.2 Å². The molecule has 1 aliphatic heterocycles. The first kappa shape index (κ1) is 14.1. The molecule has 6 heteroatoms. The van der Waals surface area contributed by atoms with E-state index < -0.39 is 5.82 Å². The van der Waals surface area contributed by atoms with Crippen molar-refractivity contribution in [2.24, 2.45) is 0 Å². The second-order valence-electron chi connectivity index (χ2n) is 4.67. The Labute approximate surface area is 117 Å². The molecule has 0 aliphatic carbocycles. The molecule has 0 spiro atoms. The molecule has 1 saturated heterocycles. The highest BCUT2D eigenvalue weighted by atomic mass is 35.5. The summed E-state index contributed by atoms with van der Waals surface area (Å²) in [6.07, 6.45) is 0. The van der Waals surface area contributed by atoms with E-state index in [4.69, 9.17) is 11.6 Å². The van der Waals surface area contributed by atoms with Crippen LogP contribution in [0.25, 0.3) is 0 Å². The minimum absolute atomic E-state index is 0.0310. The van der Waals surface area contributed by atoms with Gasteiger partial charge >= 0.3 is 0 Å². The molecule has 0 atom stereocenters. The lowest BCUT2D eigenvalue weighted by atomic mass is 10.3. The Hall–Kier alpha value is -1.33. The van der Waals surface area contributed by atoms with E-state index in [-0.39, 0.29) is 17.5 Å². The zero-order valence-electron chi connectivity index (χ0n) is 10.8. The monoisotopic (exact) mass is 285 g/mol. The highest BCUT2D eigenvalue weighted by Crippen LogP contribution is 2.18. The number of carbonyl (C=O) groups excluding carboxylic acids is 1. The molecule has 0 saturated carbocycles. The standard InChI is InChI=1S/C13H17ClFN3O/c1-17-4-6-18(7-5-17)13(19)9-16-10-2-3-11(14)12(15)8-10/h2-3,8,16H,4-7,9H2,1H3. The number of halogens is 2. The molecule has 0 aromatic heterocycles. The fourth-order valence-corrected chi connectivity index (χ4v) is 2.07. The molecular weight excluding hydrogens is 269 g/mol. The average Bonchev–Trinajstić information content (AvgIpc) is 2.40. The molecule has 2 rings (SSSR count). The summed E-state index contributed by atoms with van der Waals surface area (Å²) in [6, 6.07) is 4.42. The van der Waals surface area contributed by atoms with Crippen LogP contribution in [-0.2, 0) is 4.79 Å². The number of hydrogen-bond acceptors (Lipinski definition) is 3. The van der Waals surface area contributed by atoms with E-state index in [2.05, 4.69) is 10.2 Å². The minimum Gasteiger partial charge on any atom is -0.376 e. The third-order valence-electron chi connectivity index (χ3n) is 3.22. The van der Waals surface area contributed by atoms with E-state index in [9.17, 15) is 9.18 Å². The fraction of sp³-hybridized carbons (Fsp3) is 0.462. The van der Waals surface area contributed by atoms with Gasteiger partial charge in [-0.3, -0.25) is 4.79 Å². The van der Waals surface area contributed by atoms with Crippen LogP contribution in [0.3, 0.4) is 0 Å². The number of carbonyl (C=O) groups is 1. The van der Waals surface area contributed by atoms with Crippen molar-refractivity contribution >= 4 is 23.2 Å². The molecule has 1 N–H and O–H groups in total. The van der Waals surface area contributed by atoms with Gasteiger partial charge in [0.15, 0.2) is 0 Å². The van der Waals surface area contributed by atoms with Crippen molar-refractivity contribution in [3.8, 4) is 0 Å². The van der Waals surface area contributed by atoms with Crippen LogP contribution in [0, 0.1) is 5.82 Å². The van der Waals surface area contributed by atoms with Crippen LogP contribution in [0.2, 0.25) is 5.02 Å². The van der Waals surface area contributed by atoms with E-state index >= 15 is 0 Å². The molecular formula is C13H17ClFN3O. The molecule has 0 radical (unpaired) electrons. The average molecular weight is 286 g/mol. The number of benzene rings is 1. The van der Waals surface area contributed by atoms with Gasteiger partial charge in [-0.15, -0.1) is 0 Å². The zero-order chi connectivity index (χ0) is 13.8. The predicted molar refractivity (Wildman–Crippen MR) is 74.0 cm³/mol. The van der Waals surface area contributed by atoms with Gasteiger partial charge < -0.3 is 15.1 Å². The van der Waals surface area contributed by atoms with Crippen LogP contribution >= 0.6 is 11.6 Å². The lowest BCUT2D eigenvalue weighted by Crippen LogP contribution is -2.48. The summed E-state index contributed by atoms with van der Waals surface area (Å²) in [6.45, 7) is 3.44. The maximum absolute atomic E-state index is 13.2. The number of nitrogens with zero attached hydrogens (tertiary/aromatic N) is 2. The van der Waals surface area contributed by atoms with Crippen molar-refractivity contribution in [1.82, 2.24) is 9.80 Å². The lowest BCUT2D eigenvalue weighted by molar-refractivity contribution is -0.130. The number of rotatable bonds is 3. The van der Waals surface area contributed by atoms with E-state index in [1.54, 1.807) is 6.07 Å². The van der Waals surface area contributed by atoms with Gasteiger partial charge in [0.1, 0.15) is 5.82 Å². The molecule has 1 heterocycles. The van der Waals surface area contributed by atoms with Crippen LogP contribution < -0.4 is 5.32 Å². The van der Waals surface area contributed by atoms with Crippen molar-refractivity contribution < 1.29 is 9.18 Å². The summed E-state index contributed by atoms with van der Waals surface area (Å²) >= 11 is 5.60. The zero-order valence-corrected chi connectivity index (χ0v) is 11.6. The molecule has 19 heavy (non-hydrogen) atoms. The highest BCUT2D eigenvalue weighted by Gasteiger charge is 2.18. The van der Waals surface area contributed by atoms with Gasteiger partial charge in [-0.05, 0) is 25.2 Å². The number of anilines is 1. The van der Waals surface area contributed by atoms with Crippen LogP contribution in [0.1, 0.15) is 0 Å². The van der Waals surface area contributed by atoms with Gasteiger partial charge in [0.2, 0.25) is 5.91 Å². The predicted octanol–water partition coefficient (Wildman–Crippen LogP) is 1.66. The lowest BCUT2D eigenvalue weighted by Gasteiger charge is -2.32. The van der Waals surface area contributed by atoms with Gasteiger partial charge in [-0.2, -0.15) is 0 Å². The first-order valence-corrected chi connectivity index (χ1v) is 6.59. The first-order valence-electron chi connectivity index (χ1n) is 6.21. The summed E-state index contributed by atoms with van der Waals surface area (Å²) in [5, 5.41) is 3.00. The minimum atomic E-state index is -0.487. The Kier molecular flexibility index (Phi) is 4.61. The third-order valence-corrected chi connectivity index (χ3v) is 3.53. The molecule has 1 fully saturated rings. The van der Waals surface area contributed by atoms with Crippen LogP contribution in [-0.4, -0.2) is 55.5 Å². The van der Waals surface area contributed by atoms with Crippen LogP contribution in [0.5, 0.6) is 0 Å². The smallest absolute Gasteiger partial charge is 0.241 e. The molecule has 1 amide bonds. The van der Waals surface area contributed by atoms with Crippen molar-refractivity contribution in [2.75, 3.05) is 45.1 Å². The van der Waals surface area contributed by atoms with Gasteiger partial charge in [0.05, 0.1) is 11.6 Å². The SMILES string of the molecule is CN1CCN(C(=O)CNc2ccc(Cl)c(F)c2)CC1. The highest BCUT2D eigenvalue weighted by molar-refractivity contribution is 6.30. The molecule has 0 unspecified atom stereocenters. The summed E-state index contributed by atoms with van der Waals surface area (Å²) in [5.41, 5.74) is 0.560. The van der Waals surface area contributed by atoms with Gasteiger partial charge in [-0.25, -0.2) is 4.39 Å². The van der Waals surface area contributed by atoms with Crippen molar-refractivity contribution in [1.29, 1.82) is 0 Å². The second kappa shape index (κ2) is 6.21. The Morgan fingerprint density at radius 1 is 1.37 bits per heavy atom. The molecule has 4 nitrogen and oxygen atoms in total. The fourth-order valence-electron chi connectivity index (χ4n) is 1.95. The Morgan fingerprint density at radius 3 is 2.68 bits per heavy atom. The Balaban J connectivity index is 1.84. The topological polar surface area (TPSA) is 35.6 Å². The van der Waals surface area contributed by atoms with E-state index in [0.29, 0.717) is 5.69 Å². The second-order valence-corrected chi connectivity index (χ2v) is 5.07. The maximum atomic E-state index is 13.2. The third kappa shape index (κ3) is 3.81. The largest absolute Gasteiger partial charge is 0.376 e. The number of piperazine rings is 1. The van der Waals surface area contributed by atoms with Gasteiger partial charge in [-0.1, -0.05) is 11.6 Å². The maximum Gasteiger partial charge on any atom is 0.241 e. The van der Waals surface area contributed by atoms with Crippen molar-refractivity contribution in [3.05, 3.63) is 29.0 Å². The molecule has 1 aromatic rings. The van der Waals surface area contributed by atoms with Crippen molar-refractivity contribution in [3.63, 3.8) is 0 Å². The van der Waals surface area contributed by atoms with Gasteiger partial charge in [0, 0.05) is 31.9 Å². The van der Waals surface area contributed by atoms with Crippen molar-refractivity contribution in [2.45, 2.75) is 0 Å². The molecule has 104 valence electrons. The summed E-state index contributed by atoms with van der Waals surface area (Å²) < 4.78 is 13.2. The number of likely N-dealkylation sites (N-methyl/N-ethyl adjacent to an activating group) is 1. The van der Waals surface area contributed by atoms with E-state index in [1.165, 1.54) is 12.1 Å². The molecule has 1 aromatic carbocycles. The number of hydrogen-bond donors (Lipinski definition) is 1. The summed E-state index contributed by atoms with van der Waals surface area (Å²) in [5.74, 6) is -0.456. The first-order chi connectivity index (χ1) is 9.06. The Bertz CT molecular complexity index is 461. The summed E-state index contributed by atoms with van der Waals surface area (Å²) in [7, 11) is 2.04. The number of amides is 1. The quantitative estimate of drug-likeness (QED) is 0.918. The van der Waals surface area contributed by atoms with Crippen LogP contribution in [0.4, 0.5) is 10.1 Å². The Morgan fingerprint density at radius 2 is 2.05 bits per heavy atom. The van der Waals surface area contributed by atoms with Gasteiger partial charge in [0.25, 0.3) is 0 Å². The van der Waals surface area contributed by atoms with E-state index in [1.807, 2.05) is 11.9 Å². The summed E-state index contributed by atoms with van der Waals surface area (Å²) in [4.78, 5) is 16.0. The normalized spacial score (nSPS) is 16.5. The molecule has 1 aliphatic rings. The molecule has 0 bridgehead atoms. The number of nitrogens with one attached hydrogen (secondary N) is 1. The van der Waals surface area contributed by atoms with Crippen LogP contribution in [0.15, 0.2) is 18.2 Å².